The van der Waals surface area contributed by atoms with E-state index in [1.807, 2.05) is 30.3 Å². The zero-order chi connectivity index (χ0) is 17.6. The van der Waals surface area contributed by atoms with Gasteiger partial charge in [-0.25, -0.2) is 0 Å². The van der Waals surface area contributed by atoms with Crippen LogP contribution in [0.4, 0.5) is 0 Å². The molecular weight excluding hydrogens is 312 g/mol. The van der Waals surface area contributed by atoms with Gasteiger partial charge in [0, 0.05) is 25.0 Å². The van der Waals surface area contributed by atoms with E-state index < -0.39 is 0 Å². The maximum Gasteiger partial charge on any atom is 0.244 e. The van der Waals surface area contributed by atoms with Crippen LogP contribution in [0.25, 0.3) is 16.8 Å². The molecule has 0 saturated carbocycles. The molecule has 1 heterocycles. The molecule has 0 aromatic heterocycles. The number of hydrogen-bond donors (Lipinski definition) is 2. The molecule has 4 heteroatoms. The van der Waals surface area contributed by atoms with Gasteiger partial charge in [0.2, 0.25) is 5.91 Å². The smallest absolute Gasteiger partial charge is 0.244 e. The fourth-order valence-corrected chi connectivity index (χ4v) is 3.42. The second-order valence-electron chi connectivity index (χ2n) is 6.69. The predicted octanol–water partition coefficient (Wildman–Crippen LogP) is 2.04. The van der Waals surface area contributed by atoms with Crippen LogP contribution in [0.5, 0.6) is 5.75 Å². The summed E-state index contributed by atoms with van der Waals surface area (Å²) < 4.78 is 5.25. The number of carbonyl (C=O) groups is 1. The van der Waals surface area contributed by atoms with Crippen molar-refractivity contribution in [3.05, 3.63) is 48.0 Å². The Labute approximate surface area is 149 Å². The number of methoxy groups -OCH3 is 1. The van der Waals surface area contributed by atoms with E-state index in [1.54, 1.807) is 18.1 Å². The molecule has 132 valence electrons. The molecule has 4 nitrogen and oxygen atoms in total. The molecule has 3 rings (SSSR count). The summed E-state index contributed by atoms with van der Waals surface area (Å²) in [4.78, 5) is 13.8. The van der Waals surface area contributed by atoms with Crippen molar-refractivity contribution in [2.24, 2.45) is 0 Å². The third-order valence-corrected chi connectivity index (χ3v) is 5.04. The molecule has 0 spiro atoms. The first kappa shape index (κ1) is 17.5. The summed E-state index contributed by atoms with van der Waals surface area (Å²) in [7, 11) is 1.67. The van der Waals surface area contributed by atoms with Crippen LogP contribution in [0.15, 0.2) is 42.5 Å². The predicted molar refractivity (Wildman–Crippen MR) is 102 cm³/mol. The summed E-state index contributed by atoms with van der Waals surface area (Å²) in [5.41, 5.74) is 1.03. The van der Waals surface area contributed by atoms with Gasteiger partial charge in [-0.1, -0.05) is 18.2 Å². The number of hydrogen-bond acceptors (Lipinski definition) is 2. The van der Waals surface area contributed by atoms with Crippen molar-refractivity contribution in [2.45, 2.75) is 25.8 Å². The molecule has 0 atom stereocenters. The maximum atomic E-state index is 12.2. The van der Waals surface area contributed by atoms with Crippen LogP contribution >= 0.6 is 0 Å². The molecule has 1 amide bonds. The van der Waals surface area contributed by atoms with Crippen LogP contribution in [-0.2, 0) is 4.79 Å². The van der Waals surface area contributed by atoms with E-state index in [2.05, 4.69) is 24.4 Å². The van der Waals surface area contributed by atoms with Crippen LogP contribution in [0.2, 0.25) is 0 Å². The van der Waals surface area contributed by atoms with E-state index in [-0.39, 0.29) is 5.91 Å². The Morgan fingerprint density at radius 3 is 2.64 bits per heavy atom. The molecule has 2 aromatic carbocycles. The highest BCUT2D eigenvalue weighted by Gasteiger charge is 2.21. The number of benzene rings is 2. The van der Waals surface area contributed by atoms with Gasteiger partial charge in [-0.3, -0.25) is 4.79 Å². The molecule has 25 heavy (non-hydrogen) atoms. The molecule has 2 aromatic rings. The lowest BCUT2D eigenvalue weighted by molar-refractivity contribution is -0.903. The van der Waals surface area contributed by atoms with Gasteiger partial charge >= 0.3 is 0 Å². The van der Waals surface area contributed by atoms with Crippen molar-refractivity contribution in [3.8, 4) is 5.75 Å². The number of quaternary nitrogens is 1. The van der Waals surface area contributed by atoms with E-state index in [0.717, 1.165) is 48.0 Å². The average Bonchev–Trinajstić information content (AvgIpc) is 2.66. The topological polar surface area (TPSA) is 42.8 Å². The molecule has 0 radical (unpaired) electrons. The highest BCUT2D eigenvalue weighted by atomic mass is 16.5. The van der Waals surface area contributed by atoms with E-state index >= 15 is 0 Å². The Balaban J connectivity index is 1.59. The molecule has 0 aliphatic carbocycles. The quantitative estimate of drug-likeness (QED) is 0.819. The molecule has 1 aliphatic rings. The van der Waals surface area contributed by atoms with Crippen LogP contribution in [0.3, 0.4) is 0 Å². The van der Waals surface area contributed by atoms with Crippen molar-refractivity contribution >= 4 is 22.8 Å². The highest BCUT2D eigenvalue weighted by molar-refractivity contribution is 5.93. The largest absolute Gasteiger partial charge is 0.497 e. The van der Waals surface area contributed by atoms with E-state index in [4.69, 9.17) is 4.74 Å². The molecule has 0 unspecified atom stereocenters. The highest BCUT2D eigenvalue weighted by Crippen LogP contribution is 2.22. The lowest BCUT2D eigenvalue weighted by Crippen LogP contribution is -3.13. The van der Waals surface area contributed by atoms with Gasteiger partial charge in [0.05, 0.1) is 26.7 Å². The Morgan fingerprint density at radius 2 is 1.92 bits per heavy atom. The van der Waals surface area contributed by atoms with Gasteiger partial charge in [-0.05, 0) is 47.5 Å². The number of likely N-dealkylation sites (tertiary alicyclic amines) is 1. The van der Waals surface area contributed by atoms with Gasteiger partial charge < -0.3 is 15.0 Å². The summed E-state index contributed by atoms with van der Waals surface area (Å²) in [5, 5.41) is 5.40. The maximum absolute atomic E-state index is 12.2. The van der Waals surface area contributed by atoms with Crippen molar-refractivity contribution in [2.75, 3.05) is 26.7 Å². The lowest BCUT2D eigenvalue weighted by atomic mass is 10.0. The number of ether oxygens (including phenoxy) is 1. The van der Waals surface area contributed by atoms with Gasteiger partial charge in [0.25, 0.3) is 0 Å². The molecular formula is C21H27N2O2+. The summed E-state index contributed by atoms with van der Waals surface area (Å²) >= 11 is 0. The lowest BCUT2D eigenvalue weighted by Gasteiger charge is -2.28. The van der Waals surface area contributed by atoms with Crippen LogP contribution in [0.1, 0.15) is 25.3 Å². The van der Waals surface area contributed by atoms with Crippen LogP contribution in [0, 0.1) is 0 Å². The Hall–Kier alpha value is -2.33. The third kappa shape index (κ3) is 4.60. The first-order valence-corrected chi connectivity index (χ1v) is 9.08. The number of amides is 1. The Kier molecular flexibility index (Phi) is 5.71. The minimum atomic E-state index is -0.000207. The van der Waals surface area contributed by atoms with Crippen LogP contribution < -0.4 is 15.0 Å². The Bertz CT molecular complexity index is 762. The Morgan fingerprint density at radius 1 is 1.20 bits per heavy atom. The second kappa shape index (κ2) is 8.17. The minimum Gasteiger partial charge on any atom is -0.497 e. The molecule has 1 saturated heterocycles. The van der Waals surface area contributed by atoms with Crippen molar-refractivity contribution in [1.82, 2.24) is 5.32 Å². The van der Waals surface area contributed by atoms with Crippen LogP contribution in [-0.4, -0.2) is 38.7 Å². The SMILES string of the molecule is CC[NH+]1CCC(NC(=O)/C=C/c2ccc3cc(OC)ccc3c2)CC1. The van der Waals surface area contributed by atoms with Gasteiger partial charge in [0.1, 0.15) is 5.75 Å². The fraction of sp³-hybridized carbons (Fsp3) is 0.381. The minimum absolute atomic E-state index is 0.000207. The monoisotopic (exact) mass is 339 g/mol. The van der Waals surface area contributed by atoms with Crippen molar-refractivity contribution in [3.63, 3.8) is 0 Å². The first-order chi connectivity index (χ1) is 12.2. The summed E-state index contributed by atoms with van der Waals surface area (Å²) in [6, 6.07) is 12.5. The standard InChI is InChI=1S/C21H26N2O2/c1-3-23-12-10-19(11-13-23)22-21(24)9-5-16-4-6-18-15-20(25-2)8-7-17(18)14-16/h4-9,14-15,19H,3,10-13H2,1-2H3,(H,22,24)/p+1/b9-5+. The molecule has 1 aliphatic heterocycles. The molecule has 2 N–H and O–H groups in total. The van der Waals surface area contributed by atoms with E-state index in [9.17, 15) is 4.79 Å². The summed E-state index contributed by atoms with van der Waals surface area (Å²) in [5.74, 6) is 0.853. The van der Waals surface area contributed by atoms with Gasteiger partial charge in [-0.2, -0.15) is 0 Å². The summed E-state index contributed by atoms with van der Waals surface area (Å²) in [6.45, 7) is 5.70. The second-order valence-corrected chi connectivity index (χ2v) is 6.69. The average molecular weight is 339 g/mol. The first-order valence-electron chi connectivity index (χ1n) is 9.08. The van der Waals surface area contributed by atoms with Crippen molar-refractivity contribution in [1.29, 1.82) is 0 Å². The number of nitrogens with one attached hydrogen (secondary N) is 2. The normalized spacial score (nSPS) is 20.7. The summed E-state index contributed by atoms with van der Waals surface area (Å²) in [6.07, 6.45) is 5.66. The molecule has 0 bridgehead atoms. The third-order valence-electron chi connectivity index (χ3n) is 5.04. The van der Waals surface area contributed by atoms with E-state index in [0.29, 0.717) is 6.04 Å². The zero-order valence-electron chi connectivity index (χ0n) is 15.0. The number of fused-ring (bicyclic) bond motifs is 1. The number of piperidine rings is 1. The number of carbonyl (C=O) groups excluding carboxylic acids is 1. The fourth-order valence-electron chi connectivity index (χ4n) is 3.42. The van der Waals surface area contributed by atoms with Gasteiger partial charge in [-0.15, -0.1) is 0 Å². The zero-order valence-corrected chi connectivity index (χ0v) is 15.0. The number of rotatable bonds is 5. The van der Waals surface area contributed by atoms with Crippen molar-refractivity contribution < 1.29 is 14.4 Å². The van der Waals surface area contributed by atoms with E-state index in [1.165, 1.54) is 6.54 Å². The van der Waals surface area contributed by atoms with Gasteiger partial charge in [0.15, 0.2) is 0 Å². The molecule has 1 fully saturated rings.